The van der Waals surface area contributed by atoms with Crippen molar-refractivity contribution in [2.45, 2.75) is 19.9 Å². The Morgan fingerprint density at radius 2 is 1.79 bits per heavy atom. The molecule has 3 N–H and O–H groups in total. The molecule has 0 saturated heterocycles. The lowest BCUT2D eigenvalue weighted by molar-refractivity contribution is -0.113. The van der Waals surface area contributed by atoms with Gasteiger partial charge in [-0.2, -0.15) is 0 Å². The van der Waals surface area contributed by atoms with Crippen molar-refractivity contribution < 1.29 is 9.59 Å². The second-order valence-electron chi connectivity index (χ2n) is 7.05. The highest BCUT2D eigenvalue weighted by Gasteiger charge is 2.32. The lowest BCUT2D eigenvalue weighted by atomic mass is 9.91. The van der Waals surface area contributed by atoms with Crippen LogP contribution in [0.5, 0.6) is 0 Å². The van der Waals surface area contributed by atoms with Crippen molar-refractivity contribution >= 4 is 40.0 Å². The summed E-state index contributed by atoms with van der Waals surface area (Å²) < 4.78 is 0. The van der Waals surface area contributed by atoms with Crippen LogP contribution in [0.1, 0.15) is 24.1 Å². The Morgan fingerprint density at radius 1 is 1.03 bits per heavy atom. The monoisotopic (exact) mass is 405 g/mol. The number of hydrogen-bond donors (Lipinski definition) is 3. The second kappa shape index (κ2) is 7.60. The number of urea groups is 1. The van der Waals surface area contributed by atoms with Gasteiger partial charge in [-0.15, -0.1) is 0 Å². The van der Waals surface area contributed by atoms with Crippen molar-refractivity contribution in [1.82, 2.24) is 10.6 Å². The van der Waals surface area contributed by atoms with Gasteiger partial charge >= 0.3 is 6.03 Å². The molecule has 0 bridgehead atoms. The Kier molecular flexibility index (Phi) is 4.99. The van der Waals surface area contributed by atoms with Gasteiger partial charge in [0.2, 0.25) is 0 Å². The fourth-order valence-electron chi connectivity index (χ4n) is 3.65. The van der Waals surface area contributed by atoms with E-state index in [1.807, 2.05) is 55.5 Å². The van der Waals surface area contributed by atoms with Gasteiger partial charge in [-0.1, -0.05) is 60.1 Å². The molecule has 3 amide bonds. The molecule has 3 aromatic carbocycles. The topological polar surface area (TPSA) is 70.2 Å². The van der Waals surface area contributed by atoms with E-state index in [2.05, 4.69) is 16.0 Å². The zero-order chi connectivity index (χ0) is 20.5. The van der Waals surface area contributed by atoms with Crippen molar-refractivity contribution in [3.63, 3.8) is 0 Å². The number of halogens is 1. The first-order chi connectivity index (χ1) is 13.9. The highest BCUT2D eigenvalue weighted by Crippen LogP contribution is 2.33. The third kappa shape index (κ3) is 3.69. The summed E-state index contributed by atoms with van der Waals surface area (Å²) in [7, 11) is 0. The fourth-order valence-corrected chi connectivity index (χ4v) is 3.82. The largest absolute Gasteiger partial charge is 0.327 e. The number of anilines is 1. The van der Waals surface area contributed by atoms with Crippen LogP contribution < -0.4 is 16.0 Å². The van der Waals surface area contributed by atoms with E-state index >= 15 is 0 Å². The summed E-state index contributed by atoms with van der Waals surface area (Å²) in [6.45, 7) is 3.63. The highest BCUT2D eigenvalue weighted by molar-refractivity contribution is 6.31. The Bertz CT molecular complexity index is 1160. The quantitative estimate of drug-likeness (QED) is 0.569. The van der Waals surface area contributed by atoms with Crippen LogP contribution in [0.4, 0.5) is 10.5 Å². The SMILES string of the molecule is CC1=C(C(=O)Nc2cc(Cl)ccc2C)C(c2cccc3ccccc23)NC(=O)N1. The number of benzene rings is 3. The van der Waals surface area contributed by atoms with Crippen LogP contribution in [-0.2, 0) is 4.79 Å². The number of amides is 3. The summed E-state index contributed by atoms with van der Waals surface area (Å²) in [5.74, 6) is -0.293. The van der Waals surface area contributed by atoms with Gasteiger partial charge in [0.25, 0.3) is 5.91 Å². The zero-order valence-corrected chi connectivity index (χ0v) is 16.8. The van der Waals surface area contributed by atoms with E-state index in [9.17, 15) is 9.59 Å². The van der Waals surface area contributed by atoms with Gasteiger partial charge in [0.05, 0.1) is 11.6 Å². The van der Waals surface area contributed by atoms with Crippen LogP contribution in [0.2, 0.25) is 5.02 Å². The molecule has 5 nitrogen and oxygen atoms in total. The average molecular weight is 406 g/mol. The maximum atomic E-state index is 13.3. The van der Waals surface area contributed by atoms with Gasteiger partial charge in [-0.3, -0.25) is 4.79 Å². The Morgan fingerprint density at radius 3 is 2.62 bits per heavy atom. The molecule has 29 heavy (non-hydrogen) atoms. The predicted octanol–water partition coefficient (Wildman–Crippen LogP) is 5.07. The second-order valence-corrected chi connectivity index (χ2v) is 7.49. The zero-order valence-electron chi connectivity index (χ0n) is 16.0. The fraction of sp³-hybridized carbons (Fsp3) is 0.130. The van der Waals surface area contributed by atoms with Gasteiger partial charge in [0, 0.05) is 16.4 Å². The highest BCUT2D eigenvalue weighted by atomic mass is 35.5. The molecule has 0 aromatic heterocycles. The first kappa shape index (κ1) is 19.0. The normalized spacial score (nSPS) is 16.4. The van der Waals surface area contributed by atoms with E-state index in [1.165, 1.54) is 0 Å². The molecule has 1 heterocycles. The van der Waals surface area contributed by atoms with Crippen LogP contribution in [-0.4, -0.2) is 11.9 Å². The average Bonchev–Trinajstić information content (AvgIpc) is 2.69. The number of allylic oxidation sites excluding steroid dienone is 1. The number of rotatable bonds is 3. The summed E-state index contributed by atoms with van der Waals surface area (Å²) in [6, 6.07) is 18.2. The van der Waals surface area contributed by atoms with Crippen molar-refractivity contribution in [2.75, 3.05) is 5.32 Å². The van der Waals surface area contributed by atoms with Crippen molar-refractivity contribution in [3.05, 3.63) is 88.1 Å². The van der Waals surface area contributed by atoms with Gasteiger partial charge in [0.1, 0.15) is 0 Å². The molecule has 0 radical (unpaired) electrons. The summed E-state index contributed by atoms with van der Waals surface area (Å²) in [4.78, 5) is 25.5. The molecular formula is C23H20ClN3O2. The lowest BCUT2D eigenvalue weighted by Gasteiger charge is -2.29. The van der Waals surface area contributed by atoms with E-state index in [1.54, 1.807) is 19.1 Å². The Balaban J connectivity index is 1.78. The van der Waals surface area contributed by atoms with E-state index in [-0.39, 0.29) is 11.9 Å². The van der Waals surface area contributed by atoms with E-state index < -0.39 is 6.04 Å². The molecule has 1 unspecified atom stereocenters. The third-order valence-electron chi connectivity index (χ3n) is 5.10. The summed E-state index contributed by atoms with van der Waals surface area (Å²) >= 11 is 6.09. The smallest absolute Gasteiger partial charge is 0.319 e. The van der Waals surface area contributed by atoms with Crippen LogP contribution in [0.3, 0.4) is 0 Å². The first-order valence-electron chi connectivity index (χ1n) is 9.27. The number of aryl methyl sites for hydroxylation is 1. The summed E-state index contributed by atoms with van der Waals surface area (Å²) in [6.07, 6.45) is 0. The molecule has 6 heteroatoms. The van der Waals surface area contributed by atoms with Crippen molar-refractivity contribution in [2.24, 2.45) is 0 Å². The summed E-state index contributed by atoms with van der Waals surface area (Å²) in [5, 5.41) is 11.1. The molecule has 1 aliphatic heterocycles. The van der Waals surface area contributed by atoms with Crippen LogP contribution in [0.15, 0.2) is 71.9 Å². The van der Waals surface area contributed by atoms with E-state index in [4.69, 9.17) is 11.6 Å². The number of hydrogen-bond acceptors (Lipinski definition) is 2. The Hall–Kier alpha value is -3.31. The number of nitrogens with one attached hydrogen (secondary N) is 3. The third-order valence-corrected chi connectivity index (χ3v) is 5.33. The van der Waals surface area contributed by atoms with Crippen LogP contribution in [0, 0.1) is 6.92 Å². The number of carbonyl (C=O) groups is 2. The maximum Gasteiger partial charge on any atom is 0.319 e. The molecule has 0 aliphatic carbocycles. The van der Waals surface area contributed by atoms with Gasteiger partial charge < -0.3 is 16.0 Å². The molecule has 0 fully saturated rings. The molecule has 0 saturated carbocycles. The van der Waals surface area contributed by atoms with Crippen LogP contribution in [0.25, 0.3) is 10.8 Å². The van der Waals surface area contributed by atoms with E-state index in [0.717, 1.165) is 21.9 Å². The summed E-state index contributed by atoms with van der Waals surface area (Å²) in [5.41, 5.74) is 3.38. The van der Waals surface area contributed by atoms with Crippen molar-refractivity contribution in [3.8, 4) is 0 Å². The van der Waals surface area contributed by atoms with E-state index in [0.29, 0.717) is 22.0 Å². The van der Waals surface area contributed by atoms with Gasteiger partial charge in [-0.25, -0.2) is 4.79 Å². The molecule has 1 atom stereocenters. The molecular weight excluding hydrogens is 386 g/mol. The molecule has 0 spiro atoms. The molecule has 146 valence electrons. The Labute approximate surface area is 173 Å². The van der Waals surface area contributed by atoms with Gasteiger partial charge in [-0.05, 0) is 47.9 Å². The number of carbonyl (C=O) groups excluding carboxylic acids is 2. The van der Waals surface area contributed by atoms with Crippen LogP contribution >= 0.6 is 11.6 Å². The van der Waals surface area contributed by atoms with Crippen molar-refractivity contribution in [1.29, 1.82) is 0 Å². The molecule has 4 rings (SSSR count). The van der Waals surface area contributed by atoms with Gasteiger partial charge in [0.15, 0.2) is 0 Å². The molecule has 1 aliphatic rings. The maximum absolute atomic E-state index is 13.3. The minimum atomic E-state index is -0.575. The predicted molar refractivity (Wildman–Crippen MR) is 116 cm³/mol. The minimum absolute atomic E-state index is 0.293. The molecule has 3 aromatic rings. The number of fused-ring (bicyclic) bond motifs is 1. The first-order valence-corrected chi connectivity index (χ1v) is 9.65. The standard InChI is InChI=1S/C23H20ClN3O2/c1-13-10-11-16(24)12-19(13)26-22(28)20-14(2)25-23(29)27-21(20)18-9-5-7-15-6-3-4-8-17(15)18/h3-12,21H,1-2H3,(H,26,28)(H2,25,27,29). The lowest BCUT2D eigenvalue weighted by Crippen LogP contribution is -2.46. The minimum Gasteiger partial charge on any atom is -0.327 e.